The van der Waals surface area contributed by atoms with Gasteiger partial charge in [-0.05, 0) is 55.6 Å². The molecule has 2 N–H and O–H groups in total. The minimum absolute atomic E-state index is 0.509. The van der Waals surface area contributed by atoms with E-state index in [1.54, 1.807) is 6.20 Å². The van der Waals surface area contributed by atoms with Gasteiger partial charge in [-0.3, -0.25) is 0 Å². The van der Waals surface area contributed by atoms with Crippen LogP contribution in [0, 0.1) is 12.8 Å². The third-order valence-corrected chi connectivity index (χ3v) is 3.80. The Morgan fingerprint density at radius 2 is 2.15 bits per heavy atom. The Morgan fingerprint density at radius 3 is 2.90 bits per heavy atom. The quantitative estimate of drug-likeness (QED) is 0.853. The van der Waals surface area contributed by atoms with E-state index in [0.29, 0.717) is 29.2 Å². The molecule has 0 bridgehead atoms. The van der Waals surface area contributed by atoms with Crippen LogP contribution in [0.3, 0.4) is 0 Å². The second kappa shape index (κ2) is 5.66. The Labute approximate surface area is 122 Å². The Hall–Kier alpha value is -1.82. The molecule has 1 aliphatic carbocycles. The van der Waals surface area contributed by atoms with Gasteiger partial charge in [0, 0.05) is 11.9 Å². The minimum atomic E-state index is 0.509. The topological polar surface area (TPSA) is 73.9 Å². The van der Waals surface area contributed by atoms with Gasteiger partial charge in [-0.2, -0.15) is 0 Å². The van der Waals surface area contributed by atoms with Crippen molar-refractivity contribution in [3.8, 4) is 5.88 Å². The Bertz CT molecular complexity index is 616. The van der Waals surface area contributed by atoms with E-state index in [0.717, 1.165) is 10.7 Å². The summed E-state index contributed by atoms with van der Waals surface area (Å²) in [4.78, 5) is 13.0. The van der Waals surface area contributed by atoms with E-state index in [-0.39, 0.29) is 0 Å². The zero-order valence-electron chi connectivity index (χ0n) is 11.2. The maximum Gasteiger partial charge on any atom is 0.238 e. The number of nitrogen functional groups attached to an aromatic ring is 1. The van der Waals surface area contributed by atoms with Gasteiger partial charge >= 0.3 is 0 Å². The molecule has 0 unspecified atom stereocenters. The summed E-state index contributed by atoms with van der Waals surface area (Å²) in [6.07, 6.45) is 4.23. The van der Waals surface area contributed by atoms with Gasteiger partial charge in [0.05, 0.1) is 12.3 Å². The van der Waals surface area contributed by atoms with E-state index < -0.39 is 0 Å². The maximum absolute atomic E-state index is 5.89. The second-order valence-corrected chi connectivity index (χ2v) is 5.87. The molecule has 2 aromatic rings. The van der Waals surface area contributed by atoms with E-state index >= 15 is 0 Å². The molecule has 104 valence electrons. The molecule has 1 saturated carbocycles. The van der Waals surface area contributed by atoms with Crippen LogP contribution >= 0.6 is 11.8 Å². The molecule has 0 spiro atoms. The molecule has 0 aliphatic heterocycles. The highest BCUT2D eigenvalue weighted by Crippen LogP contribution is 2.32. The first-order valence-corrected chi connectivity index (χ1v) is 7.39. The molecular weight excluding hydrogens is 272 g/mol. The molecule has 2 heterocycles. The van der Waals surface area contributed by atoms with E-state index in [1.165, 1.54) is 24.6 Å². The average Bonchev–Trinajstić information content (AvgIpc) is 3.23. The van der Waals surface area contributed by atoms with E-state index in [2.05, 4.69) is 15.0 Å². The molecule has 0 radical (unpaired) electrons. The number of rotatable bonds is 5. The van der Waals surface area contributed by atoms with Gasteiger partial charge in [0.2, 0.25) is 5.88 Å². The lowest BCUT2D eigenvalue weighted by Gasteiger charge is -2.08. The number of hydrogen-bond acceptors (Lipinski definition) is 6. The molecule has 0 amide bonds. The van der Waals surface area contributed by atoms with Crippen LogP contribution < -0.4 is 10.5 Å². The van der Waals surface area contributed by atoms with Gasteiger partial charge in [-0.1, -0.05) is 0 Å². The van der Waals surface area contributed by atoms with Crippen molar-refractivity contribution in [1.82, 2.24) is 15.0 Å². The number of pyridine rings is 1. The van der Waals surface area contributed by atoms with Crippen molar-refractivity contribution in [3.63, 3.8) is 0 Å². The fraction of sp³-hybridized carbons (Fsp3) is 0.357. The van der Waals surface area contributed by atoms with Crippen molar-refractivity contribution in [2.45, 2.75) is 29.9 Å². The fourth-order valence-electron chi connectivity index (χ4n) is 1.66. The lowest BCUT2D eigenvalue weighted by Crippen LogP contribution is -2.04. The SMILES string of the molecule is Cc1ccnc(Sc2ccc(N)c(OCC3CC3)n2)n1. The predicted molar refractivity (Wildman–Crippen MR) is 77.8 cm³/mol. The highest BCUT2D eigenvalue weighted by molar-refractivity contribution is 7.99. The molecule has 0 atom stereocenters. The number of aryl methyl sites for hydroxylation is 1. The van der Waals surface area contributed by atoms with Gasteiger partial charge in [-0.25, -0.2) is 15.0 Å². The highest BCUT2D eigenvalue weighted by atomic mass is 32.2. The van der Waals surface area contributed by atoms with Crippen molar-refractivity contribution in [3.05, 3.63) is 30.1 Å². The number of nitrogens with zero attached hydrogens (tertiary/aromatic N) is 3. The molecular formula is C14H16N4OS. The summed E-state index contributed by atoms with van der Waals surface area (Å²) < 4.78 is 5.67. The number of aromatic nitrogens is 3. The van der Waals surface area contributed by atoms with Crippen LogP contribution in [0.1, 0.15) is 18.5 Å². The molecule has 2 aromatic heterocycles. The largest absolute Gasteiger partial charge is 0.476 e. The Kier molecular flexibility index (Phi) is 3.73. The van der Waals surface area contributed by atoms with Gasteiger partial charge in [0.25, 0.3) is 0 Å². The summed E-state index contributed by atoms with van der Waals surface area (Å²) in [5.74, 6) is 1.18. The number of nitrogens with two attached hydrogens (primary N) is 1. The van der Waals surface area contributed by atoms with Crippen LogP contribution in [0.5, 0.6) is 5.88 Å². The van der Waals surface area contributed by atoms with Crippen LogP contribution in [-0.2, 0) is 0 Å². The van der Waals surface area contributed by atoms with Crippen LogP contribution in [-0.4, -0.2) is 21.6 Å². The van der Waals surface area contributed by atoms with Crippen molar-refractivity contribution in [2.75, 3.05) is 12.3 Å². The monoisotopic (exact) mass is 288 g/mol. The van der Waals surface area contributed by atoms with Crippen LogP contribution in [0.15, 0.2) is 34.6 Å². The van der Waals surface area contributed by atoms with E-state index in [1.807, 2.05) is 25.1 Å². The number of anilines is 1. The third-order valence-electron chi connectivity index (χ3n) is 2.99. The summed E-state index contributed by atoms with van der Waals surface area (Å²) in [6, 6.07) is 5.54. The standard InChI is InChI=1S/C14H16N4OS/c1-9-6-7-16-14(17-9)20-12-5-4-11(15)13(18-12)19-8-10-2-3-10/h4-7,10H,2-3,8,15H2,1H3. The first-order chi connectivity index (χ1) is 9.70. The number of ether oxygens (including phenoxy) is 1. The summed E-state index contributed by atoms with van der Waals surface area (Å²) in [6.45, 7) is 2.64. The van der Waals surface area contributed by atoms with Gasteiger partial charge < -0.3 is 10.5 Å². The summed E-state index contributed by atoms with van der Waals surface area (Å²) in [5.41, 5.74) is 7.39. The molecule has 5 nitrogen and oxygen atoms in total. The fourth-order valence-corrected chi connectivity index (χ4v) is 2.41. The zero-order chi connectivity index (χ0) is 13.9. The zero-order valence-corrected chi connectivity index (χ0v) is 12.1. The Morgan fingerprint density at radius 1 is 1.30 bits per heavy atom. The smallest absolute Gasteiger partial charge is 0.238 e. The lowest BCUT2D eigenvalue weighted by atomic mass is 10.4. The maximum atomic E-state index is 5.89. The van der Waals surface area contributed by atoms with Crippen molar-refractivity contribution < 1.29 is 4.74 Å². The predicted octanol–water partition coefficient (Wildman–Crippen LogP) is 2.70. The van der Waals surface area contributed by atoms with Gasteiger partial charge in [0.15, 0.2) is 5.16 Å². The first kappa shape index (κ1) is 13.2. The molecule has 0 aromatic carbocycles. The average molecular weight is 288 g/mol. The number of hydrogen-bond donors (Lipinski definition) is 1. The van der Waals surface area contributed by atoms with E-state index in [4.69, 9.17) is 10.5 Å². The molecule has 3 rings (SSSR count). The molecule has 20 heavy (non-hydrogen) atoms. The lowest BCUT2D eigenvalue weighted by molar-refractivity contribution is 0.288. The summed E-state index contributed by atoms with van der Waals surface area (Å²) >= 11 is 1.41. The van der Waals surface area contributed by atoms with Crippen molar-refractivity contribution in [2.24, 2.45) is 5.92 Å². The molecule has 1 aliphatic rings. The summed E-state index contributed by atoms with van der Waals surface area (Å²) in [5, 5.41) is 1.46. The van der Waals surface area contributed by atoms with Crippen molar-refractivity contribution >= 4 is 17.4 Å². The molecule has 6 heteroatoms. The van der Waals surface area contributed by atoms with Crippen LogP contribution in [0.4, 0.5) is 5.69 Å². The van der Waals surface area contributed by atoms with Gasteiger partial charge in [-0.15, -0.1) is 0 Å². The summed E-state index contributed by atoms with van der Waals surface area (Å²) in [7, 11) is 0. The minimum Gasteiger partial charge on any atom is -0.476 e. The van der Waals surface area contributed by atoms with Crippen LogP contribution in [0.2, 0.25) is 0 Å². The second-order valence-electron chi connectivity index (χ2n) is 4.88. The molecule has 0 saturated heterocycles. The molecule has 1 fully saturated rings. The van der Waals surface area contributed by atoms with E-state index in [9.17, 15) is 0 Å². The van der Waals surface area contributed by atoms with Gasteiger partial charge in [0.1, 0.15) is 5.03 Å². The van der Waals surface area contributed by atoms with Crippen molar-refractivity contribution in [1.29, 1.82) is 0 Å². The van der Waals surface area contributed by atoms with Crippen LogP contribution in [0.25, 0.3) is 0 Å². The third kappa shape index (κ3) is 3.39. The normalized spacial score (nSPS) is 14.2. The first-order valence-electron chi connectivity index (χ1n) is 6.57. The Balaban J connectivity index is 1.73. The highest BCUT2D eigenvalue weighted by Gasteiger charge is 2.22.